The normalized spacial score (nSPS) is 36.2. The predicted molar refractivity (Wildman–Crippen MR) is 48.7 cm³/mol. The Bertz CT molecular complexity index is 281. The third kappa shape index (κ3) is 1.70. The second-order valence-electron chi connectivity index (χ2n) is 2.99. The summed E-state index contributed by atoms with van der Waals surface area (Å²) in [7, 11) is 0. The number of fused-ring (bicyclic) bond motifs is 1. The molecule has 2 aliphatic rings. The van der Waals surface area contributed by atoms with Crippen LogP contribution >= 0.6 is 0 Å². The van der Waals surface area contributed by atoms with Crippen molar-refractivity contribution in [1.29, 1.82) is 0 Å². The van der Waals surface area contributed by atoms with Crippen LogP contribution in [-0.2, 0) is 9.53 Å². The average molecular weight is 176 g/mol. The lowest BCUT2D eigenvalue weighted by molar-refractivity contribution is 0.167. The molecule has 3 nitrogen and oxygen atoms in total. The molecule has 1 aliphatic carbocycles. The van der Waals surface area contributed by atoms with Gasteiger partial charge in [0, 0.05) is 0 Å². The fourth-order valence-corrected chi connectivity index (χ4v) is 1.42. The Morgan fingerprint density at radius 2 is 2.08 bits per heavy atom. The van der Waals surface area contributed by atoms with E-state index >= 15 is 0 Å². The molecule has 0 saturated carbocycles. The van der Waals surface area contributed by atoms with Crippen LogP contribution in [0.5, 0.6) is 0 Å². The summed E-state index contributed by atoms with van der Waals surface area (Å²) >= 11 is 0. The van der Waals surface area contributed by atoms with Crippen LogP contribution in [0.1, 0.15) is 0 Å². The largest absolute Gasteiger partial charge is 0.492 e. The first-order valence-corrected chi connectivity index (χ1v) is 4.21. The minimum absolute atomic E-state index is 0.0143. The molecule has 13 heavy (non-hydrogen) atoms. The quantitative estimate of drug-likeness (QED) is 0.630. The van der Waals surface area contributed by atoms with Crippen molar-refractivity contribution in [2.24, 2.45) is 0 Å². The highest BCUT2D eigenvalue weighted by molar-refractivity contribution is 5.62. The van der Waals surface area contributed by atoms with Gasteiger partial charge in [0.2, 0.25) is 6.29 Å². The lowest BCUT2D eigenvalue weighted by Crippen LogP contribution is -2.43. The maximum atomic E-state index is 10.5. The molecule has 3 heteroatoms. The van der Waals surface area contributed by atoms with E-state index in [0.717, 1.165) is 0 Å². The van der Waals surface area contributed by atoms with Gasteiger partial charge in [0.25, 0.3) is 0 Å². The molecule has 0 fully saturated rings. The fraction of sp³-hybridized carbons (Fsp3) is 0.300. The van der Waals surface area contributed by atoms with Crippen LogP contribution in [-0.4, -0.2) is 24.5 Å². The summed E-state index contributed by atoms with van der Waals surface area (Å²) in [4.78, 5) is 10.5. The van der Waals surface area contributed by atoms with E-state index in [1.165, 1.54) is 0 Å². The molecule has 0 aromatic carbocycles. The fourth-order valence-electron chi connectivity index (χ4n) is 1.42. The van der Waals surface area contributed by atoms with Gasteiger partial charge >= 0.3 is 0 Å². The van der Waals surface area contributed by atoms with Gasteiger partial charge in [-0.25, -0.2) is 0 Å². The van der Waals surface area contributed by atoms with Gasteiger partial charge in [0.15, 0.2) is 0 Å². The third-order valence-electron chi connectivity index (χ3n) is 2.09. The summed E-state index contributed by atoms with van der Waals surface area (Å²) in [5.74, 6) is 0. The van der Waals surface area contributed by atoms with E-state index in [2.05, 4.69) is 5.32 Å². The van der Waals surface area contributed by atoms with Crippen LogP contribution in [0.25, 0.3) is 0 Å². The number of rotatable bonds is 1. The van der Waals surface area contributed by atoms with Gasteiger partial charge in [-0.3, -0.25) is 10.1 Å². The molecule has 0 aromatic rings. The van der Waals surface area contributed by atoms with Gasteiger partial charge in [-0.05, 0) is 12.2 Å². The van der Waals surface area contributed by atoms with Crippen LogP contribution in [0.4, 0.5) is 0 Å². The van der Waals surface area contributed by atoms with Gasteiger partial charge in [-0.15, -0.1) is 0 Å². The molecule has 0 aromatic heterocycles. The second-order valence-corrected chi connectivity index (χ2v) is 2.99. The van der Waals surface area contributed by atoms with Crippen LogP contribution in [0.2, 0.25) is 0 Å². The summed E-state index contributed by atoms with van der Waals surface area (Å²) in [6, 6.07) is -0.308. The molecule has 1 N–H and O–H groups in total. The topological polar surface area (TPSA) is 38.3 Å². The lowest BCUT2D eigenvalue weighted by atomic mass is 10.1. The molecule has 1 aliphatic heterocycles. The molecule has 1 heterocycles. The van der Waals surface area contributed by atoms with Crippen molar-refractivity contribution in [3.63, 3.8) is 0 Å². The second kappa shape index (κ2) is 3.58. The van der Waals surface area contributed by atoms with Crippen molar-refractivity contribution >= 4 is 6.29 Å². The van der Waals surface area contributed by atoms with Crippen molar-refractivity contribution in [3.05, 3.63) is 36.6 Å². The van der Waals surface area contributed by atoms with E-state index in [1.54, 1.807) is 12.3 Å². The lowest BCUT2D eigenvalue weighted by Gasteiger charge is -2.22. The number of carbonyl (C=O) groups excluding carboxylic acids is 1. The summed E-state index contributed by atoms with van der Waals surface area (Å²) in [6.45, 7) is 0. The highest BCUT2D eigenvalue weighted by Crippen LogP contribution is 2.12. The van der Waals surface area contributed by atoms with Gasteiger partial charge in [-0.2, -0.15) is 0 Å². The zero-order valence-electron chi connectivity index (χ0n) is 7.01. The molecule has 0 saturated heterocycles. The van der Waals surface area contributed by atoms with Crippen molar-refractivity contribution < 1.29 is 9.53 Å². The maximum Gasteiger partial charge on any atom is 0.221 e. The Morgan fingerprint density at radius 3 is 2.92 bits per heavy atom. The van der Waals surface area contributed by atoms with Crippen molar-refractivity contribution in [3.8, 4) is 0 Å². The Kier molecular flexibility index (Phi) is 2.27. The maximum absolute atomic E-state index is 10.5. The van der Waals surface area contributed by atoms with E-state index in [-0.39, 0.29) is 18.2 Å². The van der Waals surface area contributed by atoms with Crippen molar-refractivity contribution in [2.45, 2.75) is 18.2 Å². The van der Waals surface area contributed by atoms with Gasteiger partial charge in [-0.1, -0.05) is 18.2 Å². The van der Waals surface area contributed by atoms with Gasteiger partial charge < -0.3 is 4.74 Å². The highest BCUT2D eigenvalue weighted by Gasteiger charge is 2.23. The molecule has 0 amide bonds. The number of hydrogen-bond donors (Lipinski definition) is 1. The van der Waals surface area contributed by atoms with Crippen LogP contribution in [0.15, 0.2) is 36.6 Å². The molecular weight excluding hydrogens is 166 g/mol. The minimum atomic E-state index is -0.369. The third-order valence-corrected chi connectivity index (χ3v) is 2.09. The molecular formula is C10H10NO2. The molecule has 0 spiro atoms. The SMILES string of the molecule is O=[C]C1C=COC2C=CC=CC2N1. The first-order valence-electron chi connectivity index (χ1n) is 4.21. The predicted octanol–water partition coefficient (Wildman–Crippen LogP) is 0.461. The summed E-state index contributed by atoms with van der Waals surface area (Å²) in [5, 5.41) is 3.09. The molecule has 0 bridgehead atoms. The van der Waals surface area contributed by atoms with Gasteiger partial charge in [0.05, 0.1) is 18.3 Å². The summed E-state index contributed by atoms with van der Waals surface area (Å²) in [5.41, 5.74) is 0. The summed E-state index contributed by atoms with van der Waals surface area (Å²) in [6.07, 6.45) is 12.9. The molecule has 2 rings (SSSR count). The van der Waals surface area contributed by atoms with Crippen LogP contribution < -0.4 is 5.32 Å². The zero-order valence-corrected chi connectivity index (χ0v) is 7.01. The molecule has 1 radical (unpaired) electrons. The first-order chi connectivity index (χ1) is 6.40. The average Bonchev–Trinajstić information content (AvgIpc) is 2.38. The Labute approximate surface area is 76.8 Å². The number of hydrogen-bond acceptors (Lipinski definition) is 3. The van der Waals surface area contributed by atoms with E-state index in [9.17, 15) is 4.79 Å². The van der Waals surface area contributed by atoms with E-state index in [0.29, 0.717) is 0 Å². The Balaban J connectivity index is 2.14. The van der Waals surface area contributed by atoms with E-state index in [4.69, 9.17) is 4.74 Å². The minimum Gasteiger partial charge on any atom is -0.492 e. The zero-order chi connectivity index (χ0) is 9.10. The first kappa shape index (κ1) is 8.26. The number of allylic oxidation sites excluding steroid dienone is 2. The standard InChI is InChI=1S/C10H10NO2/c12-7-8-5-6-13-10-4-2-1-3-9(10)11-8/h1-6,8-11H. The van der Waals surface area contributed by atoms with Crippen LogP contribution in [0, 0.1) is 0 Å². The molecule has 67 valence electrons. The Morgan fingerprint density at radius 1 is 1.23 bits per heavy atom. The Hall–Kier alpha value is -1.35. The number of nitrogens with one attached hydrogen (secondary N) is 1. The molecule has 3 unspecified atom stereocenters. The van der Waals surface area contributed by atoms with Gasteiger partial charge in [0.1, 0.15) is 6.10 Å². The number of ether oxygens (including phenoxy) is 1. The molecule has 3 atom stereocenters. The summed E-state index contributed by atoms with van der Waals surface area (Å²) < 4.78 is 5.38. The van der Waals surface area contributed by atoms with Crippen molar-refractivity contribution in [1.82, 2.24) is 5.32 Å². The van der Waals surface area contributed by atoms with Crippen LogP contribution in [0.3, 0.4) is 0 Å². The van der Waals surface area contributed by atoms with Crippen molar-refractivity contribution in [2.75, 3.05) is 0 Å². The highest BCUT2D eigenvalue weighted by atomic mass is 16.5. The smallest absolute Gasteiger partial charge is 0.221 e. The van der Waals surface area contributed by atoms with E-state index < -0.39 is 0 Å². The van der Waals surface area contributed by atoms with E-state index in [1.807, 2.05) is 30.6 Å². The monoisotopic (exact) mass is 176 g/mol.